The van der Waals surface area contributed by atoms with Gasteiger partial charge in [-0.3, -0.25) is 24.6 Å². The Balaban J connectivity index is 1.12. The van der Waals surface area contributed by atoms with Crippen molar-refractivity contribution in [2.45, 2.75) is 69.2 Å². The number of nitriles is 1. The van der Waals surface area contributed by atoms with E-state index in [2.05, 4.69) is 16.3 Å². The quantitative estimate of drug-likeness (QED) is 0.612. The second kappa shape index (κ2) is 9.84. The van der Waals surface area contributed by atoms with Crippen LogP contribution in [0, 0.1) is 17.1 Å². The van der Waals surface area contributed by atoms with Crippen LogP contribution in [0.1, 0.15) is 71.5 Å². The fraction of sp³-hybridized carbons (Fsp3) is 0.448. The number of likely N-dealkylation sites (tertiary alicyclic amines) is 1. The molecule has 0 aromatic heterocycles. The van der Waals surface area contributed by atoms with Crippen molar-refractivity contribution in [1.29, 1.82) is 5.26 Å². The lowest BCUT2D eigenvalue weighted by Gasteiger charge is -2.48. The molecule has 196 valence electrons. The van der Waals surface area contributed by atoms with Crippen molar-refractivity contribution >= 4 is 17.7 Å². The van der Waals surface area contributed by atoms with Crippen LogP contribution in [0.4, 0.5) is 4.39 Å². The number of nitrogens with one attached hydrogen (secondary N) is 1. The van der Waals surface area contributed by atoms with Crippen molar-refractivity contribution < 1.29 is 23.5 Å². The molecule has 0 bridgehead atoms. The number of benzene rings is 2. The van der Waals surface area contributed by atoms with E-state index < -0.39 is 17.8 Å². The molecule has 3 heterocycles. The van der Waals surface area contributed by atoms with Gasteiger partial charge in [0.15, 0.2) is 0 Å². The number of carbonyl (C=O) groups is 3. The fourth-order valence-electron chi connectivity index (χ4n) is 6.39. The summed E-state index contributed by atoms with van der Waals surface area (Å²) in [4.78, 5) is 40.8. The number of imide groups is 1. The highest BCUT2D eigenvalue weighted by atomic mass is 19.1. The van der Waals surface area contributed by atoms with Crippen LogP contribution in [0.25, 0.3) is 0 Å². The van der Waals surface area contributed by atoms with Crippen molar-refractivity contribution in [3.63, 3.8) is 0 Å². The van der Waals surface area contributed by atoms with Crippen molar-refractivity contribution in [1.82, 2.24) is 15.1 Å². The predicted octanol–water partition coefficient (Wildman–Crippen LogP) is 3.25. The van der Waals surface area contributed by atoms with E-state index in [4.69, 9.17) is 4.74 Å². The van der Waals surface area contributed by atoms with Crippen molar-refractivity contribution in [3.8, 4) is 11.8 Å². The van der Waals surface area contributed by atoms with Gasteiger partial charge in [0.05, 0.1) is 11.6 Å². The molecular formula is C29H29FN4O4. The molecule has 1 saturated carbocycles. The first-order chi connectivity index (χ1) is 18.4. The molecule has 2 unspecified atom stereocenters. The van der Waals surface area contributed by atoms with E-state index in [1.807, 2.05) is 12.1 Å². The van der Waals surface area contributed by atoms with Gasteiger partial charge in [-0.2, -0.15) is 5.26 Å². The van der Waals surface area contributed by atoms with Crippen LogP contribution in [0.15, 0.2) is 36.4 Å². The second-order valence-electron chi connectivity index (χ2n) is 10.7. The molecule has 0 radical (unpaired) electrons. The lowest BCUT2D eigenvalue weighted by molar-refractivity contribution is -0.136. The normalized spacial score (nSPS) is 25.9. The average molecular weight is 517 g/mol. The minimum absolute atomic E-state index is 0.00903. The third-order valence-corrected chi connectivity index (χ3v) is 8.40. The molecule has 3 aliphatic heterocycles. The summed E-state index contributed by atoms with van der Waals surface area (Å²) in [5, 5.41) is 11.8. The minimum atomic E-state index is -0.637. The number of halogens is 1. The van der Waals surface area contributed by atoms with Gasteiger partial charge in [-0.25, -0.2) is 4.39 Å². The SMILES string of the molecule is N#Cc1cc(F)ccc1C1CN(C2CCCC[C@H]2Oc2ccc3c(c2)CN(C2CCC(=O)NC2=O)C3=O)C1. The first-order valence-corrected chi connectivity index (χ1v) is 13.3. The molecular weight excluding hydrogens is 487 g/mol. The molecule has 0 spiro atoms. The second-order valence-corrected chi connectivity index (χ2v) is 10.7. The zero-order valence-corrected chi connectivity index (χ0v) is 21.0. The van der Waals surface area contributed by atoms with Gasteiger partial charge in [0.25, 0.3) is 5.91 Å². The number of nitrogens with zero attached hydrogens (tertiary/aromatic N) is 3. The van der Waals surface area contributed by atoms with Gasteiger partial charge in [-0.15, -0.1) is 0 Å². The van der Waals surface area contributed by atoms with E-state index in [0.717, 1.165) is 49.9 Å². The highest BCUT2D eigenvalue weighted by Gasteiger charge is 2.41. The highest BCUT2D eigenvalue weighted by Crippen LogP contribution is 2.37. The highest BCUT2D eigenvalue weighted by molar-refractivity contribution is 6.05. The molecule has 2 aromatic carbocycles. The Labute approximate surface area is 220 Å². The zero-order valence-electron chi connectivity index (χ0n) is 21.0. The minimum Gasteiger partial charge on any atom is -0.489 e. The van der Waals surface area contributed by atoms with Gasteiger partial charge in [0.2, 0.25) is 11.8 Å². The third kappa shape index (κ3) is 4.43. The zero-order chi connectivity index (χ0) is 26.4. The molecule has 38 heavy (non-hydrogen) atoms. The van der Waals surface area contributed by atoms with E-state index in [1.54, 1.807) is 17.0 Å². The summed E-state index contributed by atoms with van der Waals surface area (Å²) < 4.78 is 20.1. The molecule has 4 aliphatic rings. The molecule has 1 aliphatic carbocycles. The molecule has 8 nitrogen and oxygen atoms in total. The first-order valence-electron chi connectivity index (χ1n) is 13.3. The molecule has 3 fully saturated rings. The molecule has 3 amide bonds. The molecule has 2 aromatic rings. The van der Waals surface area contributed by atoms with E-state index in [-0.39, 0.29) is 36.3 Å². The predicted molar refractivity (Wildman–Crippen MR) is 135 cm³/mol. The monoisotopic (exact) mass is 516 g/mol. The van der Waals surface area contributed by atoms with Crippen LogP contribution >= 0.6 is 0 Å². The van der Waals surface area contributed by atoms with Crippen LogP contribution in [-0.4, -0.2) is 58.8 Å². The molecule has 9 heteroatoms. The Hall–Kier alpha value is -3.77. The lowest BCUT2D eigenvalue weighted by atomic mass is 9.83. The van der Waals surface area contributed by atoms with Crippen molar-refractivity contribution in [2.75, 3.05) is 13.1 Å². The van der Waals surface area contributed by atoms with E-state index in [9.17, 15) is 24.0 Å². The Kier molecular flexibility index (Phi) is 6.36. The Bertz CT molecular complexity index is 1350. The van der Waals surface area contributed by atoms with Crippen molar-refractivity contribution in [2.24, 2.45) is 0 Å². The third-order valence-electron chi connectivity index (χ3n) is 8.40. The first kappa shape index (κ1) is 24.6. The van der Waals surface area contributed by atoms with Crippen LogP contribution in [0.2, 0.25) is 0 Å². The summed E-state index contributed by atoms with van der Waals surface area (Å²) in [5.41, 5.74) is 2.71. The Morgan fingerprint density at radius 2 is 1.84 bits per heavy atom. The summed E-state index contributed by atoms with van der Waals surface area (Å²) in [6.45, 7) is 1.94. The summed E-state index contributed by atoms with van der Waals surface area (Å²) in [6.07, 6.45) is 4.75. The van der Waals surface area contributed by atoms with Gasteiger partial charge in [-0.1, -0.05) is 12.5 Å². The largest absolute Gasteiger partial charge is 0.489 e. The fourth-order valence-corrected chi connectivity index (χ4v) is 6.39. The number of amides is 3. The van der Waals surface area contributed by atoms with Gasteiger partial charge in [-0.05, 0) is 67.1 Å². The summed E-state index contributed by atoms with van der Waals surface area (Å²) >= 11 is 0. The maximum absolute atomic E-state index is 13.6. The molecule has 2 saturated heterocycles. The maximum Gasteiger partial charge on any atom is 0.255 e. The molecule has 3 atom stereocenters. The van der Waals surface area contributed by atoms with Gasteiger partial charge < -0.3 is 9.64 Å². The Morgan fingerprint density at radius 1 is 1.03 bits per heavy atom. The smallest absolute Gasteiger partial charge is 0.255 e. The van der Waals surface area contributed by atoms with Gasteiger partial charge in [0, 0.05) is 43.6 Å². The van der Waals surface area contributed by atoms with Gasteiger partial charge in [0.1, 0.15) is 23.7 Å². The summed E-state index contributed by atoms with van der Waals surface area (Å²) in [7, 11) is 0. The maximum atomic E-state index is 13.6. The number of rotatable bonds is 5. The van der Waals surface area contributed by atoms with Crippen molar-refractivity contribution in [3.05, 3.63) is 64.5 Å². The number of hydrogen-bond acceptors (Lipinski definition) is 6. The summed E-state index contributed by atoms with van der Waals surface area (Å²) in [5.74, 6) is -0.388. The standard InChI is InChI=1S/C29H29FN4O4/c30-20-5-7-22(17(11-20)13-31)19-14-33(15-19)24-3-1-2-4-26(24)38-21-6-8-23-18(12-21)16-34(29(23)37)25-9-10-27(35)32-28(25)36/h5-8,11-12,19,24-26H,1-4,9-10,14-16H2,(H,32,35,36)/t24?,25?,26-/m1/s1. The van der Waals surface area contributed by atoms with Crippen LogP contribution in [0.3, 0.4) is 0 Å². The molecule has 6 rings (SSSR count). The van der Waals surface area contributed by atoms with Crippen LogP contribution in [-0.2, 0) is 16.1 Å². The number of piperidine rings is 1. The van der Waals surface area contributed by atoms with E-state index in [1.165, 1.54) is 12.1 Å². The number of fused-ring (bicyclic) bond motifs is 1. The van der Waals surface area contributed by atoms with E-state index >= 15 is 0 Å². The lowest BCUT2D eigenvalue weighted by Crippen LogP contribution is -2.57. The van der Waals surface area contributed by atoms with E-state index in [0.29, 0.717) is 29.8 Å². The number of carbonyl (C=O) groups excluding carboxylic acids is 3. The Morgan fingerprint density at radius 3 is 2.63 bits per heavy atom. The topological polar surface area (TPSA) is 103 Å². The number of ether oxygens (including phenoxy) is 1. The molecule has 1 N–H and O–H groups in total. The number of hydrogen-bond donors (Lipinski definition) is 1. The van der Waals surface area contributed by atoms with Crippen LogP contribution in [0.5, 0.6) is 5.75 Å². The van der Waals surface area contributed by atoms with Gasteiger partial charge >= 0.3 is 0 Å². The van der Waals surface area contributed by atoms with Crippen LogP contribution < -0.4 is 10.1 Å². The summed E-state index contributed by atoms with van der Waals surface area (Å²) in [6, 6.07) is 11.7. The average Bonchev–Trinajstić information content (AvgIpc) is 3.20.